The Kier molecular flexibility index (Phi) is 3.65. The molecule has 0 aromatic heterocycles. The van der Waals surface area contributed by atoms with Gasteiger partial charge in [-0.15, -0.1) is 0 Å². The molecule has 168 valence electrons. The van der Waals surface area contributed by atoms with Crippen LogP contribution in [0.2, 0.25) is 0 Å². The number of hydrogen-bond donors (Lipinski definition) is 0. The maximum Gasteiger partial charge on any atom is 0.229 e. The normalized spacial score (nSPS) is 41.5. The molecule has 1 saturated carbocycles. The number of carbonyl (C=O) groups is 1. The van der Waals surface area contributed by atoms with Gasteiger partial charge in [-0.05, 0) is 28.7 Å². The van der Waals surface area contributed by atoms with Gasteiger partial charge in [-0.2, -0.15) is 0 Å². The van der Waals surface area contributed by atoms with E-state index < -0.39 is 0 Å². The van der Waals surface area contributed by atoms with Crippen LogP contribution >= 0.6 is 0 Å². The Balaban J connectivity index is 1.31. The predicted octanol–water partition coefficient (Wildman–Crippen LogP) is 3.85. The highest BCUT2D eigenvalue weighted by molar-refractivity contribution is 5.99. The molecule has 2 aromatic carbocycles. The average molecular weight is 440 g/mol. The first kappa shape index (κ1) is 18.9. The van der Waals surface area contributed by atoms with Crippen LogP contribution in [0.3, 0.4) is 0 Å². The van der Waals surface area contributed by atoms with Gasteiger partial charge in [0.15, 0.2) is 0 Å². The maximum absolute atomic E-state index is 13.6. The van der Waals surface area contributed by atoms with Gasteiger partial charge < -0.3 is 14.1 Å². The first-order chi connectivity index (χ1) is 16.2. The molecule has 2 bridgehead atoms. The Bertz CT molecular complexity index is 1190. The number of benzene rings is 2. The van der Waals surface area contributed by atoms with E-state index in [1.165, 1.54) is 53.8 Å². The molecule has 5 heterocycles. The number of fused-ring (bicyclic) bond motifs is 2. The van der Waals surface area contributed by atoms with E-state index in [0.717, 1.165) is 6.42 Å². The molecule has 4 heteroatoms. The van der Waals surface area contributed by atoms with E-state index in [1.807, 2.05) is 0 Å². The molecule has 5 aliphatic heterocycles. The highest BCUT2D eigenvalue weighted by atomic mass is 16.5. The number of amides is 1. The molecule has 2 aromatic rings. The van der Waals surface area contributed by atoms with Gasteiger partial charge in [-0.25, -0.2) is 0 Å². The van der Waals surface area contributed by atoms with Crippen LogP contribution in [-0.4, -0.2) is 54.8 Å². The highest BCUT2D eigenvalue weighted by Crippen LogP contribution is 2.67. The van der Waals surface area contributed by atoms with Gasteiger partial charge >= 0.3 is 0 Å². The number of quaternary nitrogens is 1. The van der Waals surface area contributed by atoms with Gasteiger partial charge in [0, 0.05) is 30.9 Å². The van der Waals surface area contributed by atoms with E-state index in [1.54, 1.807) is 5.57 Å². The second kappa shape index (κ2) is 6.37. The fourth-order valence-electron chi connectivity index (χ4n) is 9.30. The average Bonchev–Trinajstić information content (AvgIpc) is 3.29. The zero-order valence-electron chi connectivity index (χ0n) is 19.0. The molecule has 7 atom stereocenters. The van der Waals surface area contributed by atoms with Crippen molar-refractivity contribution in [2.75, 3.05) is 31.1 Å². The monoisotopic (exact) mass is 439 g/mol. The van der Waals surface area contributed by atoms with E-state index in [9.17, 15) is 4.79 Å². The minimum absolute atomic E-state index is 0.0783. The third-order valence-corrected chi connectivity index (χ3v) is 10.4. The molecule has 1 unspecified atom stereocenters. The number of para-hydroxylation sites is 1. The summed E-state index contributed by atoms with van der Waals surface area (Å²) in [7, 11) is 0. The summed E-state index contributed by atoms with van der Waals surface area (Å²) in [4.78, 5) is 15.8. The molecular formula is C29H31N2O2+. The van der Waals surface area contributed by atoms with Crippen molar-refractivity contribution in [3.8, 4) is 0 Å². The number of piperidine rings is 2. The third kappa shape index (κ3) is 2.22. The van der Waals surface area contributed by atoms with Gasteiger partial charge in [-0.1, -0.05) is 54.6 Å². The van der Waals surface area contributed by atoms with Crippen LogP contribution in [0.5, 0.6) is 0 Å². The van der Waals surface area contributed by atoms with Crippen molar-refractivity contribution in [3.05, 3.63) is 77.4 Å². The molecule has 33 heavy (non-hydrogen) atoms. The van der Waals surface area contributed by atoms with Gasteiger partial charge in [0.05, 0.1) is 43.7 Å². The number of anilines is 1. The summed E-state index contributed by atoms with van der Waals surface area (Å²) >= 11 is 0. The molecule has 3 saturated heterocycles. The molecule has 4 nitrogen and oxygen atoms in total. The fourth-order valence-corrected chi connectivity index (χ4v) is 9.30. The van der Waals surface area contributed by atoms with Crippen molar-refractivity contribution in [2.24, 2.45) is 11.8 Å². The number of hydrogen-bond acceptors (Lipinski definition) is 2. The highest BCUT2D eigenvalue weighted by Gasteiger charge is 2.75. The van der Waals surface area contributed by atoms with Gasteiger partial charge in [0.1, 0.15) is 12.6 Å². The van der Waals surface area contributed by atoms with Gasteiger partial charge in [0.2, 0.25) is 5.91 Å². The topological polar surface area (TPSA) is 29.5 Å². The zero-order valence-corrected chi connectivity index (χ0v) is 19.0. The minimum atomic E-state index is 0.0783. The van der Waals surface area contributed by atoms with E-state index in [4.69, 9.17) is 4.74 Å². The summed E-state index contributed by atoms with van der Waals surface area (Å²) < 4.78 is 7.62. The molecule has 8 rings (SSSR count). The number of ether oxygens (including phenoxy) is 1. The van der Waals surface area contributed by atoms with Crippen LogP contribution in [0, 0.1) is 11.8 Å². The SMILES string of the molecule is O=C1C[C@@H]2OCC=C3C[N+]4(CCc5ccccc5)CC[C@]56c7ccccc7N1[C@H]5[C@H]2[C@H]3C[C@@H]64. The first-order valence-electron chi connectivity index (χ1n) is 12.8. The molecule has 6 aliphatic rings. The van der Waals surface area contributed by atoms with Crippen LogP contribution in [0.25, 0.3) is 0 Å². The van der Waals surface area contributed by atoms with E-state index in [0.29, 0.717) is 30.9 Å². The summed E-state index contributed by atoms with van der Waals surface area (Å²) in [5, 5.41) is 0. The van der Waals surface area contributed by atoms with Crippen molar-refractivity contribution in [1.82, 2.24) is 0 Å². The summed E-state index contributed by atoms with van der Waals surface area (Å²) in [6, 6.07) is 20.8. The van der Waals surface area contributed by atoms with Crippen molar-refractivity contribution in [3.63, 3.8) is 0 Å². The van der Waals surface area contributed by atoms with E-state index in [2.05, 4.69) is 65.6 Å². The first-order valence-corrected chi connectivity index (χ1v) is 12.8. The fraction of sp³-hybridized carbons (Fsp3) is 0.483. The Morgan fingerprint density at radius 3 is 2.85 bits per heavy atom. The van der Waals surface area contributed by atoms with Crippen LogP contribution in [0.1, 0.15) is 30.4 Å². The second-order valence-corrected chi connectivity index (χ2v) is 11.4. The zero-order chi connectivity index (χ0) is 21.8. The Hall–Kier alpha value is -2.43. The van der Waals surface area contributed by atoms with E-state index in [-0.39, 0.29) is 23.5 Å². The molecule has 1 aliphatic carbocycles. The summed E-state index contributed by atoms with van der Waals surface area (Å²) in [5.74, 6) is 1.30. The van der Waals surface area contributed by atoms with Crippen LogP contribution in [0.15, 0.2) is 66.2 Å². The number of carbonyl (C=O) groups excluding carboxylic acids is 1. The predicted molar refractivity (Wildman–Crippen MR) is 127 cm³/mol. The Morgan fingerprint density at radius 2 is 1.94 bits per heavy atom. The molecule has 4 fully saturated rings. The lowest BCUT2D eigenvalue weighted by molar-refractivity contribution is -0.942. The summed E-state index contributed by atoms with van der Waals surface area (Å²) in [6.07, 6.45) is 6.61. The minimum Gasteiger partial charge on any atom is -0.373 e. The Labute approximate surface area is 195 Å². The Morgan fingerprint density at radius 1 is 1.09 bits per heavy atom. The van der Waals surface area contributed by atoms with Gasteiger partial charge in [-0.3, -0.25) is 4.79 Å². The van der Waals surface area contributed by atoms with Crippen molar-refractivity contribution in [2.45, 2.75) is 49.3 Å². The number of nitrogens with zero attached hydrogens (tertiary/aromatic N) is 2. The number of rotatable bonds is 3. The molecule has 1 spiro atoms. The lowest BCUT2D eigenvalue weighted by Crippen LogP contribution is -2.73. The maximum atomic E-state index is 13.6. The van der Waals surface area contributed by atoms with Crippen LogP contribution in [0.4, 0.5) is 5.69 Å². The molecule has 1 amide bonds. The van der Waals surface area contributed by atoms with Crippen LogP contribution < -0.4 is 4.90 Å². The quantitative estimate of drug-likeness (QED) is 0.537. The van der Waals surface area contributed by atoms with Crippen molar-refractivity contribution in [1.29, 1.82) is 0 Å². The van der Waals surface area contributed by atoms with E-state index >= 15 is 0 Å². The lowest BCUT2D eigenvalue weighted by atomic mass is 9.53. The van der Waals surface area contributed by atoms with Crippen molar-refractivity contribution >= 4 is 11.6 Å². The summed E-state index contributed by atoms with van der Waals surface area (Å²) in [6.45, 7) is 4.28. The van der Waals surface area contributed by atoms with Crippen LogP contribution in [-0.2, 0) is 21.4 Å². The standard InChI is InChI=1S/C29H31N2O2/c32-26-17-24-27-21-16-25-29(22-8-4-5-9-23(22)30(26)28(27)29)12-14-31(25,18-20(21)11-15-33-24)13-10-19-6-2-1-3-7-19/h1-9,11,21,24-25,27-28H,10,12-18H2/q+1/t21-,24-,25-,27-,28-,29+,31?/m0/s1. The molecule has 0 N–H and O–H groups in total. The smallest absolute Gasteiger partial charge is 0.229 e. The van der Waals surface area contributed by atoms with Gasteiger partial charge in [0.25, 0.3) is 0 Å². The molecule has 0 radical (unpaired) electrons. The van der Waals surface area contributed by atoms with Crippen molar-refractivity contribution < 1.29 is 14.0 Å². The summed E-state index contributed by atoms with van der Waals surface area (Å²) in [5.41, 5.74) is 5.83. The second-order valence-electron chi connectivity index (χ2n) is 11.4. The lowest BCUT2D eigenvalue weighted by Gasteiger charge is -2.60. The third-order valence-electron chi connectivity index (χ3n) is 10.4. The largest absolute Gasteiger partial charge is 0.373 e. The molecular weight excluding hydrogens is 408 g/mol.